The van der Waals surface area contributed by atoms with Crippen LogP contribution in [0.4, 0.5) is 0 Å². The summed E-state index contributed by atoms with van der Waals surface area (Å²) in [4.78, 5) is 0. The van der Waals surface area contributed by atoms with Gasteiger partial charge in [0.25, 0.3) is 0 Å². The maximum absolute atomic E-state index is 8.94. The van der Waals surface area contributed by atoms with E-state index in [1.807, 2.05) is 11.6 Å². The molecule has 0 aliphatic heterocycles. The molecule has 1 N–H and O–H groups in total. The Labute approximate surface area is 101 Å². The molecule has 4 nitrogen and oxygen atoms in total. The lowest BCUT2D eigenvalue weighted by Crippen LogP contribution is -2.29. The van der Waals surface area contributed by atoms with Gasteiger partial charge in [-0.1, -0.05) is 18.5 Å². The van der Waals surface area contributed by atoms with Crippen LogP contribution in [0.2, 0.25) is 5.02 Å². The number of hydrogen-bond acceptors (Lipinski definition) is 3. The van der Waals surface area contributed by atoms with E-state index in [0.29, 0.717) is 11.6 Å². The molecular weight excluding hydrogens is 224 g/mol. The molecule has 0 saturated carbocycles. The molecule has 1 rings (SSSR count). The van der Waals surface area contributed by atoms with Gasteiger partial charge in [0.05, 0.1) is 29.0 Å². The topological polar surface area (TPSA) is 53.6 Å². The standard InChI is InChI=1S/C11H17ClN4/c1-3-5-14-10(7-13)4-6-16-9(2)11(12)8-15-16/h8,10,14H,3-6H2,1-2H3. The van der Waals surface area contributed by atoms with E-state index < -0.39 is 0 Å². The van der Waals surface area contributed by atoms with Gasteiger partial charge in [-0.3, -0.25) is 4.68 Å². The summed E-state index contributed by atoms with van der Waals surface area (Å²) in [6.45, 7) is 5.60. The van der Waals surface area contributed by atoms with Crippen LogP contribution in [-0.2, 0) is 6.54 Å². The molecule has 0 spiro atoms. The fraction of sp³-hybridized carbons (Fsp3) is 0.636. The SMILES string of the molecule is CCCNC(C#N)CCn1ncc(Cl)c1C. The van der Waals surface area contributed by atoms with Crippen LogP contribution >= 0.6 is 11.6 Å². The fourth-order valence-corrected chi connectivity index (χ4v) is 1.57. The summed E-state index contributed by atoms with van der Waals surface area (Å²) >= 11 is 5.90. The van der Waals surface area contributed by atoms with E-state index in [9.17, 15) is 0 Å². The Kier molecular flexibility index (Phi) is 5.30. The number of aryl methyl sites for hydroxylation is 1. The van der Waals surface area contributed by atoms with Gasteiger partial charge in [-0.05, 0) is 26.3 Å². The largest absolute Gasteiger partial charge is 0.302 e. The average molecular weight is 241 g/mol. The van der Waals surface area contributed by atoms with Crippen LogP contribution in [0.3, 0.4) is 0 Å². The van der Waals surface area contributed by atoms with E-state index in [0.717, 1.165) is 25.1 Å². The number of halogens is 1. The zero-order valence-electron chi connectivity index (χ0n) is 9.70. The first-order chi connectivity index (χ1) is 7.69. The number of nitriles is 1. The third-order valence-electron chi connectivity index (χ3n) is 2.47. The molecule has 0 fully saturated rings. The predicted molar refractivity (Wildman–Crippen MR) is 64.3 cm³/mol. The summed E-state index contributed by atoms with van der Waals surface area (Å²) in [5, 5.41) is 16.9. The Morgan fingerprint density at radius 3 is 2.94 bits per heavy atom. The zero-order chi connectivity index (χ0) is 12.0. The monoisotopic (exact) mass is 240 g/mol. The second-order valence-corrected chi connectivity index (χ2v) is 4.13. The summed E-state index contributed by atoms with van der Waals surface area (Å²) in [5.74, 6) is 0. The highest BCUT2D eigenvalue weighted by Gasteiger charge is 2.08. The van der Waals surface area contributed by atoms with Crippen molar-refractivity contribution in [2.45, 2.75) is 39.3 Å². The Hall–Kier alpha value is -1.05. The summed E-state index contributed by atoms with van der Waals surface area (Å²) < 4.78 is 1.83. The molecule has 0 aliphatic rings. The van der Waals surface area contributed by atoms with Gasteiger partial charge in [0.1, 0.15) is 0 Å². The molecule has 0 radical (unpaired) electrons. The van der Waals surface area contributed by atoms with Crippen molar-refractivity contribution in [1.82, 2.24) is 15.1 Å². The molecule has 5 heteroatoms. The highest BCUT2D eigenvalue weighted by atomic mass is 35.5. The maximum Gasteiger partial charge on any atom is 0.0970 e. The Morgan fingerprint density at radius 2 is 2.44 bits per heavy atom. The third-order valence-corrected chi connectivity index (χ3v) is 2.84. The van der Waals surface area contributed by atoms with Gasteiger partial charge in [-0.15, -0.1) is 0 Å². The van der Waals surface area contributed by atoms with Crippen molar-refractivity contribution in [3.05, 3.63) is 16.9 Å². The zero-order valence-corrected chi connectivity index (χ0v) is 10.5. The minimum atomic E-state index is -0.109. The van der Waals surface area contributed by atoms with Crippen molar-refractivity contribution in [3.8, 4) is 6.07 Å². The molecule has 1 aromatic rings. The smallest absolute Gasteiger partial charge is 0.0970 e. The van der Waals surface area contributed by atoms with E-state index in [2.05, 4.69) is 23.4 Å². The van der Waals surface area contributed by atoms with Crippen molar-refractivity contribution in [3.63, 3.8) is 0 Å². The molecule has 1 aromatic heterocycles. The summed E-state index contributed by atoms with van der Waals surface area (Å²) in [6, 6.07) is 2.14. The first kappa shape index (κ1) is 13.0. The van der Waals surface area contributed by atoms with Gasteiger partial charge in [0, 0.05) is 6.54 Å². The molecule has 1 atom stereocenters. The lowest BCUT2D eigenvalue weighted by atomic mass is 10.2. The molecule has 88 valence electrons. The number of nitrogens with one attached hydrogen (secondary N) is 1. The highest BCUT2D eigenvalue weighted by molar-refractivity contribution is 6.31. The van der Waals surface area contributed by atoms with Gasteiger partial charge >= 0.3 is 0 Å². The Balaban J connectivity index is 2.44. The summed E-state index contributed by atoms with van der Waals surface area (Å²) in [7, 11) is 0. The van der Waals surface area contributed by atoms with E-state index in [-0.39, 0.29) is 6.04 Å². The van der Waals surface area contributed by atoms with E-state index in [4.69, 9.17) is 16.9 Å². The Bertz CT molecular complexity index is 367. The van der Waals surface area contributed by atoms with Crippen LogP contribution in [0, 0.1) is 18.3 Å². The van der Waals surface area contributed by atoms with Crippen LogP contribution in [0.15, 0.2) is 6.20 Å². The van der Waals surface area contributed by atoms with Crippen molar-refractivity contribution in [1.29, 1.82) is 5.26 Å². The lowest BCUT2D eigenvalue weighted by molar-refractivity contribution is 0.487. The molecule has 16 heavy (non-hydrogen) atoms. The van der Waals surface area contributed by atoms with Crippen LogP contribution in [0.25, 0.3) is 0 Å². The van der Waals surface area contributed by atoms with Crippen molar-refractivity contribution in [2.24, 2.45) is 0 Å². The molecule has 0 amide bonds. The number of nitrogens with zero attached hydrogens (tertiary/aromatic N) is 3. The lowest BCUT2D eigenvalue weighted by Gasteiger charge is -2.11. The van der Waals surface area contributed by atoms with E-state index in [1.54, 1.807) is 6.20 Å². The number of hydrogen-bond donors (Lipinski definition) is 1. The first-order valence-corrected chi connectivity index (χ1v) is 5.87. The Morgan fingerprint density at radius 1 is 1.69 bits per heavy atom. The molecular formula is C11H17ClN4. The summed E-state index contributed by atoms with van der Waals surface area (Å²) in [5.41, 5.74) is 0.953. The first-order valence-electron chi connectivity index (χ1n) is 5.50. The molecule has 1 unspecified atom stereocenters. The minimum absolute atomic E-state index is 0.109. The molecule has 0 aliphatic carbocycles. The van der Waals surface area contributed by atoms with Crippen molar-refractivity contribution < 1.29 is 0 Å². The minimum Gasteiger partial charge on any atom is -0.302 e. The van der Waals surface area contributed by atoms with Crippen LogP contribution < -0.4 is 5.32 Å². The normalized spacial score (nSPS) is 12.4. The molecule has 0 bridgehead atoms. The second-order valence-electron chi connectivity index (χ2n) is 3.73. The maximum atomic E-state index is 8.94. The quantitative estimate of drug-likeness (QED) is 0.829. The van der Waals surface area contributed by atoms with Crippen LogP contribution in [-0.4, -0.2) is 22.4 Å². The summed E-state index contributed by atoms with van der Waals surface area (Å²) in [6.07, 6.45) is 3.41. The van der Waals surface area contributed by atoms with Gasteiger partial charge in [0.15, 0.2) is 0 Å². The van der Waals surface area contributed by atoms with Crippen molar-refractivity contribution in [2.75, 3.05) is 6.54 Å². The molecule has 0 saturated heterocycles. The van der Waals surface area contributed by atoms with Crippen LogP contribution in [0.1, 0.15) is 25.5 Å². The molecule has 1 heterocycles. The van der Waals surface area contributed by atoms with E-state index >= 15 is 0 Å². The van der Waals surface area contributed by atoms with Crippen LogP contribution in [0.5, 0.6) is 0 Å². The van der Waals surface area contributed by atoms with Crippen molar-refractivity contribution >= 4 is 11.6 Å². The predicted octanol–water partition coefficient (Wildman–Crippen LogP) is 2.13. The van der Waals surface area contributed by atoms with Gasteiger partial charge in [0.2, 0.25) is 0 Å². The van der Waals surface area contributed by atoms with Gasteiger partial charge < -0.3 is 5.32 Å². The van der Waals surface area contributed by atoms with Gasteiger partial charge in [-0.2, -0.15) is 10.4 Å². The second kappa shape index (κ2) is 6.51. The number of aromatic nitrogens is 2. The van der Waals surface area contributed by atoms with E-state index in [1.165, 1.54) is 0 Å². The van der Waals surface area contributed by atoms with Gasteiger partial charge in [-0.25, -0.2) is 0 Å². The fourth-order valence-electron chi connectivity index (χ4n) is 1.43. The highest BCUT2D eigenvalue weighted by Crippen LogP contribution is 2.13. The average Bonchev–Trinajstić information content (AvgIpc) is 2.61. The number of rotatable bonds is 6. The third kappa shape index (κ3) is 3.51. The molecule has 0 aromatic carbocycles.